The molecule has 3 aliphatic rings. The van der Waals surface area contributed by atoms with Crippen molar-refractivity contribution in [3.63, 3.8) is 0 Å². The first-order chi connectivity index (χ1) is 12.1. The van der Waals surface area contributed by atoms with Gasteiger partial charge in [-0.15, -0.1) is 0 Å². The van der Waals surface area contributed by atoms with Crippen LogP contribution in [0.1, 0.15) is 64.7 Å². The van der Waals surface area contributed by atoms with Crippen molar-refractivity contribution in [2.75, 3.05) is 26.2 Å². The van der Waals surface area contributed by atoms with Crippen LogP contribution in [0, 0.1) is 5.92 Å². The third-order valence-corrected chi connectivity index (χ3v) is 5.96. The van der Waals surface area contributed by atoms with Crippen LogP contribution < -0.4 is 10.6 Å². The van der Waals surface area contributed by atoms with Crippen molar-refractivity contribution in [3.05, 3.63) is 0 Å². The largest absolute Gasteiger partial charge is 0.388 e. The predicted molar refractivity (Wildman–Crippen MR) is 99.5 cm³/mol. The summed E-state index contributed by atoms with van der Waals surface area (Å²) in [5.74, 6) is 1.38. The third kappa shape index (κ3) is 4.87. The molecule has 0 aromatic rings. The minimum absolute atomic E-state index is 0.251. The number of likely N-dealkylation sites (tertiary alicyclic amines) is 1. The van der Waals surface area contributed by atoms with Crippen LogP contribution in [0.4, 0.5) is 0 Å². The van der Waals surface area contributed by atoms with Crippen LogP contribution in [0.15, 0.2) is 4.99 Å². The molecule has 1 aliphatic heterocycles. The van der Waals surface area contributed by atoms with Gasteiger partial charge in [-0.05, 0) is 39.0 Å². The second kappa shape index (κ2) is 8.39. The molecule has 3 rings (SSSR count). The van der Waals surface area contributed by atoms with Crippen LogP contribution in [-0.2, 0) is 4.79 Å². The first-order valence-electron chi connectivity index (χ1n) is 10.2. The molecule has 2 aliphatic carbocycles. The number of guanidine groups is 1. The standard InChI is InChI=1S/C19H34N4O2/c1-2-20-18(21-14-19(25)10-5-6-11-19)22-16-9-12-23(13-16)17(24)15-7-3-4-8-15/h15-16,25H,2-14H2,1H3,(H2,20,21,22). The van der Waals surface area contributed by atoms with Crippen molar-refractivity contribution in [1.82, 2.24) is 15.5 Å². The lowest BCUT2D eigenvalue weighted by Gasteiger charge is -2.23. The molecule has 3 N–H and O–H groups in total. The summed E-state index contributed by atoms with van der Waals surface area (Å²) < 4.78 is 0. The molecule has 1 heterocycles. The zero-order valence-electron chi connectivity index (χ0n) is 15.6. The van der Waals surface area contributed by atoms with Gasteiger partial charge in [0.25, 0.3) is 0 Å². The summed E-state index contributed by atoms with van der Waals surface area (Å²) >= 11 is 0. The van der Waals surface area contributed by atoms with Gasteiger partial charge in [0.05, 0.1) is 12.1 Å². The van der Waals surface area contributed by atoms with E-state index in [0.717, 1.165) is 70.5 Å². The van der Waals surface area contributed by atoms with Crippen molar-refractivity contribution in [2.24, 2.45) is 10.9 Å². The molecule has 1 saturated heterocycles. The average Bonchev–Trinajstić information content (AvgIpc) is 3.34. The highest BCUT2D eigenvalue weighted by molar-refractivity contribution is 5.81. The predicted octanol–water partition coefficient (Wildman–Crippen LogP) is 1.64. The number of aliphatic imine (C=N–C) groups is 1. The zero-order valence-corrected chi connectivity index (χ0v) is 15.6. The maximum Gasteiger partial charge on any atom is 0.225 e. The Bertz CT molecular complexity index is 482. The topological polar surface area (TPSA) is 77.0 Å². The summed E-state index contributed by atoms with van der Waals surface area (Å²) in [7, 11) is 0. The van der Waals surface area contributed by atoms with E-state index in [9.17, 15) is 9.90 Å². The number of hydrogen-bond acceptors (Lipinski definition) is 3. The van der Waals surface area contributed by atoms with Crippen molar-refractivity contribution in [1.29, 1.82) is 0 Å². The van der Waals surface area contributed by atoms with Gasteiger partial charge >= 0.3 is 0 Å². The minimum atomic E-state index is -0.623. The van der Waals surface area contributed by atoms with E-state index in [1.165, 1.54) is 12.8 Å². The fourth-order valence-corrected chi connectivity index (χ4v) is 4.44. The van der Waals surface area contributed by atoms with Crippen LogP contribution in [0.3, 0.4) is 0 Å². The number of nitrogens with one attached hydrogen (secondary N) is 2. The number of nitrogens with zero attached hydrogens (tertiary/aromatic N) is 2. The second-order valence-corrected chi connectivity index (χ2v) is 8.02. The molecule has 3 fully saturated rings. The maximum atomic E-state index is 12.6. The van der Waals surface area contributed by atoms with Crippen LogP contribution >= 0.6 is 0 Å². The molecule has 0 bridgehead atoms. The van der Waals surface area contributed by atoms with Crippen LogP contribution in [0.5, 0.6) is 0 Å². The van der Waals surface area contributed by atoms with Crippen molar-refractivity contribution in [2.45, 2.75) is 76.4 Å². The molecule has 0 aromatic heterocycles. The molecule has 1 atom stereocenters. The lowest BCUT2D eigenvalue weighted by molar-refractivity contribution is -0.134. The van der Waals surface area contributed by atoms with E-state index in [2.05, 4.69) is 15.6 Å². The molecule has 25 heavy (non-hydrogen) atoms. The van der Waals surface area contributed by atoms with E-state index in [1.807, 2.05) is 11.8 Å². The Morgan fingerprint density at radius 2 is 1.92 bits per heavy atom. The van der Waals surface area contributed by atoms with E-state index in [4.69, 9.17) is 0 Å². The van der Waals surface area contributed by atoms with Crippen LogP contribution in [-0.4, -0.2) is 59.7 Å². The smallest absolute Gasteiger partial charge is 0.225 e. The first kappa shape index (κ1) is 18.5. The SMILES string of the molecule is CCNC(=NCC1(O)CCCC1)NC1CCN(C(=O)C2CCCC2)C1. The van der Waals surface area contributed by atoms with Gasteiger partial charge in [0.1, 0.15) is 0 Å². The summed E-state index contributed by atoms with van der Waals surface area (Å²) in [5, 5.41) is 17.2. The number of amides is 1. The van der Waals surface area contributed by atoms with Gasteiger partial charge in [0.2, 0.25) is 5.91 Å². The number of aliphatic hydroxyl groups is 1. The molecule has 2 saturated carbocycles. The van der Waals surface area contributed by atoms with Crippen LogP contribution in [0.2, 0.25) is 0 Å². The fraction of sp³-hybridized carbons (Fsp3) is 0.895. The maximum absolute atomic E-state index is 12.6. The van der Waals surface area contributed by atoms with E-state index < -0.39 is 5.60 Å². The molecule has 0 aromatic carbocycles. The Hall–Kier alpha value is -1.30. The van der Waals surface area contributed by atoms with E-state index in [1.54, 1.807) is 0 Å². The third-order valence-electron chi connectivity index (χ3n) is 5.96. The zero-order chi connectivity index (χ0) is 17.7. The molecule has 142 valence electrons. The number of hydrogen-bond donors (Lipinski definition) is 3. The molecule has 0 radical (unpaired) electrons. The Balaban J connectivity index is 1.51. The fourth-order valence-electron chi connectivity index (χ4n) is 4.44. The number of carbonyl (C=O) groups excluding carboxylic acids is 1. The van der Waals surface area contributed by atoms with Crippen molar-refractivity contribution >= 4 is 11.9 Å². The van der Waals surface area contributed by atoms with E-state index in [0.29, 0.717) is 12.5 Å². The highest BCUT2D eigenvalue weighted by Gasteiger charge is 2.33. The van der Waals surface area contributed by atoms with E-state index >= 15 is 0 Å². The van der Waals surface area contributed by atoms with E-state index in [-0.39, 0.29) is 12.0 Å². The van der Waals surface area contributed by atoms with Gasteiger partial charge in [-0.25, -0.2) is 0 Å². The monoisotopic (exact) mass is 350 g/mol. The van der Waals surface area contributed by atoms with Gasteiger partial charge in [0.15, 0.2) is 5.96 Å². The van der Waals surface area contributed by atoms with Gasteiger partial charge < -0.3 is 20.6 Å². The van der Waals surface area contributed by atoms with Crippen LogP contribution in [0.25, 0.3) is 0 Å². The Labute approximate surface area is 151 Å². The summed E-state index contributed by atoms with van der Waals surface area (Å²) in [6.45, 7) is 4.91. The lowest BCUT2D eigenvalue weighted by Crippen LogP contribution is -2.46. The van der Waals surface area contributed by atoms with Crippen molar-refractivity contribution in [3.8, 4) is 0 Å². The summed E-state index contributed by atoms with van der Waals surface area (Å²) in [6.07, 6.45) is 9.39. The molecule has 1 amide bonds. The Morgan fingerprint density at radius 3 is 2.60 bits per heavy atom. The van der Waals surface area contributed by atoms with Gasteiger partial charge in [0, 0.05) is 31.6 Å². The Kier molecular flexibility index (Phi) is 6.20. The molecule has 1 unspecified atom stereocenters. The van der Waals surface area contributed by atoms with Gasteiger partial charge in [-0.3, -0.25) is 9.79 Å². The molecule has 6 nitrogen and oxygen atoms in total. The number of carbonyl (C=O) groups is 1. The summed E-state index contributed by atoms with van der Waals surface area (Å²) in [4.78, 5) is 19.2. The van der Waals surface area contributed by atoms with Crippen molar-refractivity contribution < 1.29 is 9.90 Å². The lowest BCUT2D eigenvalue weighted by atomic mass is 10.0. The Morgan fingerprint density at radius 1 is 1.20 bits per heavy atom. The summed E-state index contributed by atoms with van der Waals surface area (Å²) in [5.41, 5.74) is -0.623. The summed E-state index contributed by atoms with van der Waals surface area (Å²) in [6, 6.07) is 0.251. The quantitative estimate of drug-likeness (QED) is 0.520. The molecular formula is C19H34N4O2. The molecule has 0 spiro atoms. The van der Waals surface area contributed by atoms with Gasteiger partial charge in [-0.1, -0.05) is 25.7 Å². The normalized spacial score (nSPS) is 27.0. The number of rotatable bonds is 5. The molecular weight excluding hydrogens is 316 g/mol. The highest BCUT2D eigenvalue weighted by atomic mass is 16.3. The second-order valence-electron chi connectivity index (χ2n) is 8.02. The average molecular weight is 351 g/mol. The minimum Gasteiger partial charge on any atom is -0.388 e. The highest BCUT2D eigenvalue weighted by Crippen LogP contribution is 2.30. The first-order valence-corrected chi connectivity index (χ1v) is 10.2. The van der Waals surface area contributed by atoms with Gasteiger partial charge in [-0.2, -0.15) is 0 Å². The molecule has 6 heteroatoms.